The van der Waals surface area contributed by atoms with E-state index in [9.17, 15) is 4.79 Å². The lowest BCUT2D eigenvalue weighted by Gasteiger charge is -2.32. The molecule has 3 atom stereocenters. The van der Waals surface area contributed by atoms with Crippen LogP contribution in [-0.4, -0.2) is 42.4 Å². The Balaban J connectivity index is 1.38. The quantitative estimate of drug-likeness (QED) is 0.344. The van der Waals surface area contributed by atoms with Gasteiger partial charge in [-0.15, -0.1) is 10.2 Å². The van der Waals surface area contributed by atoms with Crippen molar-refractivity contribution >= 4 is 17.7 Å². The van der Waals surface area contributed by atoms with Crippen LogP contribution < -0.4 is 0 Å². The van der Waals surface area contributed by atoms with Gasteiger partial charge in [0, 0.05) is 36.6 Å². The molecule has 2 aliphatic carbocycles. The van der Waals surface area contributed by atoms with Gasteiger partial charge in [0.15, 0.2) is 11.0 Å². The monoisotopic (exact) mass is 489 g/mol. The molecule has 2 saturated carbocycles. The highest BCUT2D eigenvalue weighted by Gasteiger charge is 2.35. The highest BCUT2D eigenvalue weighted by atomic mass is 32.2. The Kier molecular flexibility index (Phi) is 7.51. The second-order valence-electron chi connectivity index (χ2n) is 10.1. The van der Waals surface area contributed by atoms with Crippen LogP contribution in [-0.2, 0) is 11.3 Å². The molecule has 6 nitrogen and oxygen atoms in total. The summed E-state index contributed by atoms with van der Waals surface area (Å²) in [7, 11) is 0. The van der Waals surface area contributed by atoms with Gasteiger partial charge in [0.1, 0.15) is 0 Å². The highest BCUT2D eigenvalue weighted by molar-refractivity contribution is 7.99. The lowest BCUT2D eigenvalue weighted by atomic mass is 9.85. The zero-order valence-corrected chi connectivity index (χ0v) is 21.5. The summed E-state index contributed by atoms with van der Waals surface area (Å²) >= 11 is 1.53. The van der Waals surface area contributed by atoms with Crippen molar-refractivity contribution in [1.29, 1.82) is 0 Å². The fourth-order valence-corrected chi connectivity index (χ4v) is 6.21. The van der Waals surface area contributed by atoms with E-state index in [1.165, 1.54) is 49.4 Å². The summed E-state index contributed by atoms with van der Waals surface area (Å²) < 4.78 is 2.30. The second-order valence-corrected chi connectivity index (χ2v) is 11.1. The van der Waals surface area contributed by atoms with Gasteiger partial charge in [-0.3, -0.25) is 14.3 Å². The minimum Gasteiger partial charge on any atom is -0.335 e. The molecule has 184 valence electrons. The summed E-state index contributed by atoms with van der Waals surface area (Å²) in [5.74, 6) is 2.58. The molecule has 0 radical (unpaired) electrons. The maximum absolute atomic E-state index is 13.6. The third-order valence-corrected chi connectivity index (χ3v) is 8.55. The molecule has 35 heavy (non-hydrogen) atoms. The number of hydrogen-bond acceptors (Lipinski definition) is 5. The third kappa shape index (κ3) is 5.61. The number of amides is 1. The number of aromatic nitrogens is 4. The molecule has 0 saturated heterocycles. The first-order valence-electron chi connectivity index (χ1n) is 12.9. The van der Waals surface area contributed by atoms with Gasteiger partial charge in [0.05, 0.1) is 5.75 Å². The Labute approximate surface area is 212 Å². The number of benzene rings is 1. The number of rotatable bonds is 9. The van der Waals surface area contributed by atoms with Gasteiger partial charge in [-0.05, 0) is 62.1 Å². The fourth-order valence-electron chi connectivity index (χ4n) is 5.33. The van der Waals surface area contributed by atoms with Gasteiger partial charge in [-0.2, -0.15) is 0 Å². The van der Waals surface area contributed by atoms with Gasteiger partial charge < -0.3 is 4.90 Å². The maximum Gasteiger partial charge on any atom is 0.233 e. The van der Waals surface area contributed by atoms with Crippen molar-refractivity contribution in [2.24, 2.45) is 11.8 Å². The van der Waals surface area contributed by atoms with Gasteiger partial charge in [0.2, 0.25) is 5.91 Å². The number of thioether (sulfide) groups is 1. The van der Waals surface area contributed by atoms with Crippen LogP contribution in [0.5, 0.6) is 0 Å². The van der Waals surface area contributed by atoms with Crippen LogP contribution in [0.4, 0.5) is 0 Å². The number of pyridine rings is 1. The minimum absolute atomic E-state index is 0.174. The van der Waals surface area contributed by atoms with Crippen molar-refractivity contribution in [2.75, 3.05) is 5.75 Å². The summed E-state index contributed by atoms with van der Waals surface area (Å²) in [6.07, 6.45) is 10.9. The summed E-state index contributed by atoms with van der Waals surface area (Å²) in [5, 5.41) is 10.0. The third-order valence-electron chi connectivity index (χ3n) is 7.62. The standard InChI is InChI=1S/C28H35N5OS/c1-20-9-6-7-13-25(20)33-27(24-12-8-16-29-17-24)30-31-28(33)35-19-26(34)32(21(2)23-14-15-23)18-22-10-4-3-5-11-22/h3-5,8,10-12,16-17,20-21,23,25H,6-7,9,13-15,18-19H2,1-2H3/t20-,21-,25+/m1/s1. The molecule has 0 aliphatic heterocycles. The summed E-state index contributed by atoms with van der Waals surface area (Å²) in [6, 6.07) is 14.9. The second kappa shape index (κ2) is 10.9. The van der Waals surface area contributed by atoms with Crippen LogP contribution in [0.2, 0.25) is 0 Å². The molecular formula is C28H35N5OS. The van der Waals surface area contributed by atoms with E-state index in [2.05, 4.69) is 50.6 Å². The SMILES string of the molecule is C[C@@H]1CCCC[C@@H]1n1c(SCC(=O)N(Cc2ccccc2)[C@H](C)C2CC2)nnc1-c1cccnc1. The first kappa shape index (κ1) is 24.0. The minimum atomic E-state index is 0.174. The molecule has 1 aromatic carbocycles. The van der Waals surface area contributed by atoms with E-state index < -0.39 is 0 Å². The summed E-state index contributed by atoms with van der Waals surface area (Å²) in [5.41, 5.74) is 2.15. The molecule has 1 amide bonds. The fraction of sp³-hybridized carbons (Fsp3) is 0.500. The Hall–Kier alpha value is -2.67. The predicted octanol–water partition coefficient (Wildman–Crippen LogP) is 6.01. The number of nitrogens with zero attached hydrogens (tertiary/aromatic N) is 5. The highest BCUT2D eigenvalue weighted by Crippen LogP contribution is 2.39. The predicted molar refractivity (Wildman–Crippen MR) is 140 cm³/mol. The van der Waals surface area contributed by atoms with E-state index in [0.717, 1.165) is 23.0 Å². The van der Waals surface area contributed by atoms with Crippen molar-refractivity contribution in [2.45, 2.75) is 76.2 Å². The maximum atomic E-state index is 13.6. The molecule has 0 N–H and O–H groups in total. The van der Waals surface area contributed by atoms with E-state index in [4.69, 9.17) is 0 Å². The van der Waals surface area contributed by atoms with Crippen molar-refractivity contribution < 1.29 is 4.79 Å². The number of hydrogen-bond donors (Lipinski definition) is 0. The van der Waals surface area contributed by atoms with E-state index in [1.54, 1.807) is 6.20 Å². The molecule has 7 heteroatoms. The molecule has 2 fully saturated rings. The van der Waals surface area contributed by atoms with Crippen molar-refractivity contribution in [1.82, 2.24) is 24.6 Å². The molecule has 0 spiro atoms. The van der Waals surface area contributed by atoms with Crippen molar-refractivity contribution in [3.8, 4) is 11.4 Å². The first-order chi connectivity index (χ1) is 17.1. The normalized spacial score (nSPS) is 21.0. The molecule has 2 aromatic heterocycles. The molecule has 0 bridgehead atoms. The van der Waals surface area contributed by atoms with Crippen LogP contribution in [0.25, 0.3) is 11.4 Å². The van der Waals surface area contributed by atoms with E-state index >= 15 is 0 Å². The largest absolute Gasteiger partial charge is 0.335 e. The Morgan fingerprint density at radius 2 is 1.89 bits per heavy atom. The Morgan fingerprint density at radius 1 is 1.09 bits per heavy atom. The van der Waals surface area contributed by atoms with Crippen LogP contribution in [0, 0.1) is 11.8 Å². The molecule has 3 aromatic rings. The Bertz CT molecular complexity index is 1110. The average molecular weight is 490 g/mol. The molecule has 2 aliphatic rings. The lowest BCUT2D eigenvalue weighted by molar-refractivity contribution is -0.131. The van der Waals surface area contributed by atoms with Crippen LogP contribution in [0.1, 0.15) is 64.0 Å². The van der Waals surface area contributed by atoms with Crippen LogP contribution in [0.3, 0.4) is 0 Å². The molecule has 5 rings (SSSR count). The summed E-state index contributed by atoms with van der Waals surface area (Å²) in [6.45, 7) is 5.19. The van der Waals surface area contributed by atoms with Crippen molar-refractivity contribution in [3.63, 3.8) is 0 Å². The zero-order chi connectivity index (χ0) is 24.2. The van der Waals surface area contributed by atoms with Gasteiger partial charge in [-0.25, -0.2) is 0 Å². The zero-order valence-electron chi connectivity index (χ0n) is 20.7. The van der Waals surface area contributed by atoms with Crippen molar-refractivity contribution in [3.05, 3.63) is 60.4 Å². The molecule has 0 unspecified atom stereocenters. The lowest BCUT2D eigenvalue weighted by Crippen LogP contribution is -2.40. The Morgan fingerprint density at radius 3 is 2.60 bits per heavy atom. The first-order valence-corrected chi connectivity index (χ1v) is 13.9. The molecular weight excluding hydrogens is 454 g/mol. The van der Waals surface area contributed by atoms with Crippen LogP contribution >= 0.6 is 11.8 Å². The average Bonchev–Trinajstić information content (AvgIpc) is 3.66. The van der Waals surface area contributed by atoms with Gasteiger partial charge >= 0.3 is 0 Å². The number of carbonyl (C=O) groups is 1. The van der Waals surface area contributed by atoms with E-state index in [1.807, 2.05) is 36.5 Å². The van der Waals surface area contributed by atoms with E-state index in [-0.39, 0.29) is 11.9 Å². The van der Waals surface area contributed by atoms with Gasteiger partial charge in [0.25, 0.3) is 0 Å². The van der Waals surface area contributed by atoms with Gasteiger partial charge in [-0.1, -0.05) is 61.9 Å². The molecule has 2 heterocycles. The van der Waals surface area contributed by atoms with E-state index in [0.29, 0.717) is 30.2 Å². The number of carbonyl (C=O) groups excluding carboxylic acids is 1. The smallest absolute Gasteiger partial charge is 0.233 e. The van der Waals surface area contributed by atoms with Crippen LogP contribution in [0.15, 0.2) is 60.0 Å². The summed E-state index contributed by atoms with van der Waals surface area (Å²) in [4.78, 5) is 19.9. The topological polar surface area (TPSA) is 63.9 Å².